The molecule has 0 aliphatic carbocycles. The molecule has 1 unspecified atom stereocenters. The zero-order valence-corrected chi connectivity index (χ0v) is 15.8. The van der Waals surface area contributed by atoms with Gasteiger partial charge >= 0.3 is 0 Å². The normalized spacial score (nSPS) is 14.8. The fourth-order valence-corrected chi connectivity index (χ4v) is 4.28. The minimum absolute atomic E-state index is 0.0112. The van der Waals surface area contributed by atoms with Crippen LogP contribution in [-0.2, 0) is 4.79 Å². The van der Waals surface area contributed by atoms with E-state index in [0.717, 1.165) is 27.0 Å². The van der Waals surface area contributed by atoms with E-state index in [1.807, 2.05) is 43.3 Å². The highest BCUT2D eigenvalue weighted by Gasteiger charge is 2.18. The summed E-state index contributed by atoms with van der Waals surface area (Å²) < 4.78 is 0. The van der Waals surface area contributed by atoms with Gasteiger partial charge in [-0.3, -0.25) is 9.59 Å². The summed E-state index contributed by atoms with van der Waals surface area (Å²) in [6.45, 7) is 1.99. The predicted molar refractivity (Wildman–Crippen MR) is 110 cm³/mol. The van der Waals surface area contributed by atoms with Gasteiger partial charge in [0.1, 0.15) is 0 Å². The van der Waals surface area contributed by atoms with E-state index in [1.165, 1.54) is 0 Å². The number of benzene rings is 3. The summed E-state index contributed by atoms with van der Waals surface area (Å²) in [5.41, 5.74) is 2.34. The number of carbonyl (C=O) groups is 2. The average Bonchev–Trinajstić information content (AvgIpc) is 2.87. The zero-order chi connectivity index (χ0) is 18.8. The summed E-state index contributed by atoms with van der Waals surface area (Å²) in [4.78, 5) is 25.6. The molecule has 136 valence electrons. The topological polar surface area (TPSA) is 58.2 Å². The Morgan fingerprint density at radius 1 is 1.11 bits per heavy atom. The molecule has 1 atom stereocenters. The second kappa shape index (κ2) is 7.45. The Bertz CT molecular complexity index is 1030. The van der Waals surface area contributed by atoms with Gasteiger partial charge in [-0.15, -0.1) is 11.8 Å². The van der Waals surface area contributed by atoms with Crippen molar-refractivity contribution in [2.75, 3.05) is 11.1 Å². The molecule has 0 spiro atoms. The summed E-state index contributed by atoms with van der Waals surface area (Å²) in [6, 6.07) is 19.6. The van der Waals surface area contributed by atoms with Gasteiger partial charge in [0.2, 0.25) is 5.91 Å². The van der Waals surface area contributed by atoms with Gasteiger partial charge in [0.15, 0.2) is 0 Å². The largest absolute Gasteiger partial charge is 0.345 e. The molecule has 0 radical (unpaired) electrons. The summed E-state index contributed by atoms with van der Waals surface area (Å²) in [6.07, 6.45) is 0.485. The molecule has 1 aliphatic rings. The second-order valence-corrected chi connectivity index (χ2v) is 7.76. The summed E-state index contributed by atoms with van der Waals surface area (Å²) >= 11 is 1.63. The smallest absolute Gasteiger partial charge is 0.251 e. The molecule has 3 aromatic carbocycles. The number of anilines is 1. The number of carbonyl (C=O) groups excluding carboxylic acids is 2. The summed E-state index contributed by atoms with van der Waals surface area (Å²) in [5.74, 6) is 0.590. The van der Waals surface area contributed by atoms with E-state index in [1.54, 1.807) is 17.8 Å². The Hall–Kier alpha value is -2.79. The van der Waals surface area contributed by atoms with Gasteiger partial charge in [-0.2, -0.15) is 0 Å². The van der Waals surface area contributed by atoms with Crippen LogP contribution in [0.5, 0.6) is 0 Å². The molecule has 0 saturated carbocycles. The minimum Gasteiger partial charge on any atom is -0.345 e. The SMILES string of the molecule is CC(NC(=O)c1ccc2c(c1)NC(=O)CCS2)c1cccc2ccccc12. The molecule has 4 rings (SSSR count). The molecular weight excluding hydrogens is 356 g/mol. The Kier molecular flexibility index (Phi) is 4.86. The number of hydrogen-bond donors (Lipinski definition) is 2. The molecule has 4 nitrogen and oxygen atoms in total. The third-order valence-electron chi connectivity index (χ3n) is 4.74. The van der Waals surface area contributed by atoms with Crippen LogP contribution in [0.2, 0.25) is 0 Å². The second-order valence-electron chi connectivity index (χ2n) is 6.62. The van der Waals surface area contributed by atoms with Crippen LogP contribution in [0.15, 0.2) is 65.6 Å². The van der Waals surface area contributed by atoms with E-state index in [0.29, 0.717) is 17.7 Å². The predicted octanol–water partition coefficient (Wildman–Crippen LogP) is 4.77. The Labute approximate surface area is 162 Å². The molecule has 2 amide bonds. The lowest BCUT2D eigenvalue weighted by molar-refractivity contribution is -0.115. The van der Waals surface area contributed by atoms with Crippen molar-refractivity contribution in [3.05, 3.63) is 71.8 Å². The third kappa shape index (κ3) is 3.69. The molecule has 0 saturated heterocycles. The van der Waals surface area contributed by atoms with E-state index >= 15 is 0 Å². The van der Waals surface area contributed by atoms with Crippen molar-refractivity contribution in [1.29, 1.82) is 0 Å². The van der Waals surface area contributed by atoms with Crippen LogP contribution in [0.25, 0.3) is 10.8 Å². The standard InChI is InChI=1S/C22H20N2O2S/c1-14(17-8-4-6-15-5-2-3-7-18(15)17)23-22(26)16-9-10-20-19(13-16)24-21(25)11-12-27-20/h2-10,13-14H,11-12H2,1H3,(H,23,26)(H,24,25). The maximum absolute atomic E-state index is 12.8. The molecule has 27 heavy (non-hydrogen) atoms. The average molecular weight is 376 g/mol. The van der Waals surface area contributed by atoms with E-state index in [9.17, 15) is 9.59 Å². The fourth-order valence-electron chi connectivity index (χ4n) is 3.35. The Morgan fingerprint density at radius 2 is 1.93 bits per heavy atom. The monoisotopic (exact) mass is 376 g/mol. The molecule has 2 N–H and O–H groups in total. The molecule has 0 bridgehead atoms. The molecule has 0 fully saturated rings. The minimum atomic E-state index is -0.151. The molecule has 1 heterocycles. The van der Waals surface area contributed by atoms with E-state index in [4.69, 9.17) is 0 Å². The number of nitrogens with one attached hydrogen (secondary N) is 2. The number of fused-ring (bicyclic) bond motifs is 2. The van der Waals surface area contributed by atoms with Gasteiger partial charge in [-0.05, 0) is 41.5 Å². The van der Waals surface area contributed by atoms with E-state index < -0.39 is 0 Å². The number of hydrogen-bond acceptors (Lipinski definition) is 3. The van der Waals surface area contributed by atoms with Crippen LogP contribution >= 0.6 is 11.8 Å². The van der Waals surface area contributed by atoms with Crippen molar-refractivity contribution < 1.29 is 9.59 Å². The fraction of sp³-hybridized carbons (Fsp3) is 0.182. The lowest BCUT2D eigenvalue weighted by atomic mass is 9.99. The van der Waals surface area contributed by atoms with Gasteiger partial charge in [-0.1, -0.05) is 42.5 Å². The van der Waals surface area contributed by atoms with Crippen molar-refractivity contribution in [1.82, 2.24) is 5.32 Å². The zero-order valence-electron chi connectivity index (χ0n) is 15.0. The lowest BCUT2D eigenvalue weighted by Gasteiger charge is -2.17. The highest BCUT2D eigenvalue weighted by atomic mass is 32.2. The molecule has 3 aromatic rings. The summed E-state index contributed by atoms with van der Waals surface area (Å²) in [7, 11) is 0. The number of thioether (sulfide) groups is 1. The number of rotatable bonds is 3. The van der Waals surface area contributed by atoms with Crippen LogP contribution < -0.4 is 10.6 Å². The van der Waals surface area contributed by atoms with Gasteiger partial charge in [0, 0.05) is 22.6 Å². The van der Waals surface area contributed by atoms with Crippen molar-refractivity contribution >= 4 is 40.0 Å². The maximum Gasteiger partial charge on any atom is 0.251 e. The molecular formula is C22H20N2O2S. The molecule has 1 aliphatic heterocycles. The van der Waals surface area contributed by atoms with Crippen LogP contribution in [0.3, 0.4) is 0 Å². The van der Waals surface area contributed by atoms with Gasteiger partial charge in [-0.25, -0.2) is 0 Å². The first-order chi connectivity index (χ1) is 13.1. The molecule has 0 aromatic heterocycles. The van der Waals surface area contributed by atoms with Crippen molar-refractivity contribution in [3.63, 3.8) is 0 Å². The van der Waals surface area contributed by atoms with Crippen LogP contribution in [0.4, 0.5) is 5.69 Å². The van der Waals surface area contributed by atoms with Gasteiger partial charge in [0.25, 0.3) is 5.91 Å². The number of amides is 2. The van der Waals surface area contributed by atoms with E-state index in [-0.39, 0.29) is 17.9 Å². The highest BCUT2D eigenvalue weighted by molar-refractivity contribution is 7.99. The lowest BCUT2D eigenvalue weighted by Crippen LogP contribution is -2.27. The van der Waals surface area contributed by atoms with Crippen molar-refractivity contribution in [2.45, 2.75) is 24.3 Å². The van der Waals surface area contributed by atoms with Crippen LogP contribution in [0, 0.1) is 0 Å². The third-order valence-corrected chi connectivity index (χ3v) is 5.82. The quantitative estimate of drug-likeness (QED) is 0.693. The maximum atomic E-state index is 12.8. The van der Waals surface area contributed by atoms with E-state index in [2.05, 4.69) is 28.8 Å². The highest BCUT2D eigenvalue weighted by Crippen LogP contribution is 2.32. The molecule has 5 heteroatoms. The van der Waals surface area contributed by atoms with Gasteiger partial charge < -0.3 is 10.6 Å². The first-order valence-electron chi connectivity index (χ1n) is 8.97. The van der Waals surface area contributed by atoms with Crippen molar-refractivity contribution in [2.24, 2.45) is 0 Å². The van der Waals surface area contributed by atoms with Gasteiger partial charge in [0.05, 0.1) is 11.7 Å². The first kappa shape index (κ1) is 17.6. The summed E-state index contributed by atoms with van der Waals surface area (Å²) in [5, 5.41) is 8.26. The Balaban J connectivity index is 1.58. The first-order valence-corrected chi connectivity index (χ1v) is 9.95. The Morgan fingerprint density at radius 3 is 2.81 bits per heavy atom. The van der Waals surface area contributed by atoms with Crippen LogP contribution in [-0.4, -0.2) is 17.6 Å². The van der Waals surface area contributed by atoms with Crippen molar-refractivity contribution in [3.8, 4) is 0 Å². The van der Waals surface area contributed by atoms with Crippen LogP contribution in [0.1, 0.15) is 35.3 Å².